The van der Waals surface area contributed by atoms with E-state index in [1.165, 1.54) is 0 Å². The second kappa shape index (κ2) is 12.5. The van der Waals surface area contributed by atoms with Gasteiger partial charge < -0.3 is 29.7 Å². The van der Waals surface area contributed by atoms with Crippen molar-refractivity contribution in [3.05, 3.63) is 17.7 Å². The van der Waals surface area contributed by atoms with Crippen LogP contribution in [0.4, 0.5) is 0 Å². The van der Waals surface area contributed by atoms with E-state index in [2.05, 4.69) is 15.6 Å². The summed E-state index contributed by atoms with van der Waals surface area (Å²) in [5, 5.41) is 6.27. The maximum atomic E-state index is 12.2. The minimum atomic E-state index is 0. The Morgan fingerprint density at radius 2 is 1.64 bits per heavy atom. The molecule has 1 fully saturated rings. The molecule has 0 aliphatic carbocycles. The van der Waals surface area contributed by atoms with Crippen LogP contribution >= 0.6 is 24.0 Å². The zero-order valence-electron chi connectivity index (χ0n) is 17.0. The van der Waals surface area contributed by atoms with Crippen LogP contribution < -0.4 is 24.8 Å². The molecular formula is C19H31IN4O4. The molecule has 158 valence electrons. The molecule has 1 amide bonds. The van der Waals surface area contributed by atoms with Crippen molar-refractivity contribution in [2.24, 2.45) is 4.99 Å². The van der Waals surface area contributed by atoms with Gasteiger partial charge in [0, 0.05) is 31.3 Å². The van der Waals surface area contributed by atoms with Crippen molar-refractivity contribution in [1.82, 2.24) is 15.5 Å². The highest BCUT2D eigenvalue weighted by atomic mass is 127. The highest BCUT2D eigenvalue weighted by molar-refractivity contribution is 14.0. The number of carbonyl (C=O) groups is 1. The Morgan fingerprint density at radius 1 is 1.04 bits per heavy atom. The lowest BCUT2D eigenvalue weighted by Gasteiger charge is -2.17. The normalized spacial score (nSPS) is 13.6. The number of nitrogens with one attached hydrogen (secondary N) is 2. The number of likely N-dealkylation sites (tertiary alicyclic amines) is 1. The number of benzene rings is 1. The van der Waals surface area contributed by atoms with E-state index < -0.39 is 0 Å². The zero-order valence-corrected chi connectivity index (χ0v) is 19.4. The summed E-state index contributed by atoms with van der Waals surface area (Å²) in [6.07, 6.45) is 2.16. The first kappa shape index (κ1) is 24.1. The average Bonchev–Trinajstić information content (AvgIpc) is 3.24. The minimum absolute atomic E-state index is 0. The zero-order chi connectivity index (χ0) is 19.6. The second-order valence-electron chi connectivity index (χ2n) is 6.16. The topological polar surface area (TPSA) is 84.4 Å². The third kappa shape index (κ3) is 6.61. The van der Waals surface area contributed by atoms with Gasteiger partial charge in [-0.25, -0.2) is 4.99 Å². The predicted octanol–water partition coefficient (Wildman–Crippen LogP) is 2.01. The number of halogens is 1. The van der Waals surface area contributed by atoms with E-state index in [1.807, 2.05) is 17.9 Å². The Kier molecular flexibility index (Phi) is 10.8. The molecule has 1 aliphatic rings. The molecule has 28 heavy (non-hydrogen) atoms. The third-order valence-corrected chi connectivity index (χ3v) is 4.40. The summed E-state index contributed by atoms with van der Waals surface area (Å²) in [7, 11) is 4.78. The van der Waals surface area contributed by atoms with Gasteiger partial charge in [-0.05, 0) is 25.8 Å². The van der Waals surface area contributed by atoms with E-state index in [-0.39, 0.29) is 36.4 Å². The first-order valence-corrected chi connectivity index (χ1v) is 9.21. The van der Waals surface area contributed by atoms with Crippen molar-refractivity contribution in [1.29, 1.82) is 0 Å². The fourth-order valence-electron chi connectivity index (χ4n) is 2.96. The van der Waals surface area contributed by atoms with Crippen LogP contribution in [0.3, 0.4) is 0 Å². The molecule has 0 aromatic heterocycles. The van der Waals surface area contributed by atoms with Gasteiger partial charge in [-0.15, -0.1) is 24.0 Å². The molecule has 0 spiro atoms. The molecule has 0 unspecified atom stereocenters. The van der Waals surface area contributed by atoms with Crippen molar-refractivity contribution < 1.29 is 19.0 Å². The summed E-state index contributed by atoms with van der Waals surface area (Å²) in [6.45, 7) is 4.98. The van der Waals surface area contributed by atoms with Crippen molar-refractivity contribution in [2.75, 3.05) is 47.5 Å². The third-order valence-electron chi connectivity index (χ3n) is 4.40. The fourth-order valence-corrected chi connectivity index (χ4v) is 2.96. The Labute approximate surface area is 184 Å². The maximum Gasteiger partial charge on any atom is 0.241 e. The molecular weight excluding hydrogens is 475 g/mol. The Morgan fingerprint density at radius 3 is 2.21 bits per heavy atom. The number of carbonyl (C=O) groups excluding carboxylic acids is 1. The molecule has 8 nitrogen and oxygen atoms in total. The van der Waals surface area contributed by atoms with Gasteiger partial charge in [-0.1, -0.05) is 0 Å². The molecule has 0 atom stereocenters. The van der Waals surface area contributed by atoms with Gasteiger partial charge in [-0.2, -0.15) is 0 Å². The molecule has 1 heterocycles. The molecule has 0 saturated carbocycles. The van der Waals surface area contributed by atoms with E-state index in [0.717, 1.165) is 31.5 Å². The van der Waals surface area contributed by atoms with E-state index in [4.69, 9.17) is 14.2 Å². The lowest BCUT2D eigenvalue weighted by Crippen LogP contribution is -2.44. The fraction of sp³-hybridized carbons (Fsp3) is 0.579. The first-order chi connectivity index (χ1) is 13.1. The molecule has 9 heteroatoms. The summed E-state index contributed by atoms with van der Waals surface area (Å²) >= 11 is 0. The van der Waals surface area contributed by atoms with Crippen molar-refractivity contribution in [2.45, 2.75) is 26.3 Å². The van der Waals surface area contributed by atoms with Crippen LogP contribution in [0.25, 0.3) is 0 Å². The van der Waals surface area contributed by atoms with Crippen LogP contribution in [0.5, 0.6) is 17.2 Å². The summed E-state index contributed by atoms with van der Waals surface area (Å²) in [5.41, 5.74) is 0.859. The number of amides is 1. The van der Waals surface area contributed by atoms with Gasteiger partial charge in [0.2, 0.25) is 5.91 Å². The van der Waals surface area contributed by atoms with Gasteiger partial charge in [-0.3, -0.25) is 4.79 Å². The summed E-state index contributed by atoms with van der Waals surface area (Å²) in [4.78, 5) is 18.7. The van der Waals surface area contributed by atoms with Gasteiger partial charge in [0.25, 0.3) is 0 Å². The Bertz CT molecular complexity index is 664. The van der Waals surface area contributed by atoms with Gasteiger partial charge in [0.05, 0.1) is 34.4 Å². The van der Waals surface area contributed by atoms with E-state index in [0.29, 0.717) is 36.3 Å². The molecule has 0 bridgehead atoms. The summed E-state index contributed by atoms with van der Waals surface area (Å²) in [6, 6.07) is 3.63. The highest BCUT2D eigenvalue weighted by Crippen LogP contribution is 2.34. The van der Waals surface area contributed by atoms with Crippen LogP contribution in [-0.4, -0.2) is 64.3 Å². The van der Waals surface area contributed by atoms with Gasteiger partial charge >= 0.3 is 0 Å². The molecule has 1 aliphatic heterocycles. The monoisotopic (exact) mass is 506 g/mol. The lowest BCUT2D eigenvalue weighted by atomic mass is 10.1. The summed E-state index contributed by atoms with van der Waals surface area (Å²) in [5.74, 6) is 2.57. The summed E-state index contributed by atoms with van der Waals surface area (Å²) < 4.78 is 16.1. The van der Waals surface area contributed by atoms with Crippen LogP contribution in [0.1, 0.15) is 25.3 Å². The van der Waals surface area contributed by atoms with E-state index in [1.54, 1.807) is 27.4 Å². The van der Waals surface area contributed by atoms with Gasteiger partial charge in [0.15, 0.2) is 17.5 Å². The lowest BCUT2D eigenvalue weighted by molar-refractivity contribution is -0.128. The van der Waals surface area contributed by atoms with Crippen molar-refractivity contribution >= 4 is 35.8 Å². The number of hydrogen-bond acceptors (Lipinski definition) is 5. The maximum absolute atomic E-state index is 12.2. The number of guanidine groups is 1. The van der Waals surface area contributed by atoms with Crippen LogP contribution in [0.2, 0.25) is 0 Å². The Balaban J connectivity index is 0.00000392. The first-order valence-electron chi connectivity index (χ1n) is 9.21. The number of aliphatic imine (C=N–C) groups is 1. The molecule has 0 radical (unpaired) electrons. The van der Waals surface area contributed by atoms with Crippen LogP contribution in [-0.2, 0) is 11.3 Å². The number of hydrogen-bond donors (Lipinski definition) is 2. The second-order valence-corrected chi connectivity index (χ2v) is 6.16. The number of rotatable bonds is 8. The van der Waals surface area contributed by atoms with Crippen LogP contribution in [0, 0.1) is 0 Å². The molecule has 1 aromatic rings. The van der Waals surface area contributed by atoms with Crippen molar-refractivity contribution in [3.63, 3.8) is 0 Å². The van der Waals surface area contributed by atoms with Crippen molar-refractivity contribution in [3.8, 4) is 17.2 Å². The van der Waals surface area contributed by atoms with Crippen LogP contribution in [0.15, 0.2) is 17.1 Å². The van der Waals surface area contributed by atoms with Gasteiger partial charge in [0.1, 0.15) is 5.75 Å². The molecule has 1 saturated heterocycles. The molecule has 2 N–H and O–H groups in total. The number of ether oxygens (including phenoxy) is 3. The van der Waals surface area contributed by atoms with E-state index >= 15 is 0 Å². The highest BCUT2D eigenvalue weighted by Gasteiger charge is 2.18. The standard InChI is InChI=1S/C19H30N4O4.HI/c1-5-20-19(22-13-18(24)23-8-6-7-9-23)21-12-14-10-16(26-3)17(27-4)11-15(14)25-2;/h10-11H,5-9,12-13H2,1-4H3,(H2,20,21,22);1H. The predicted molar refractivity (Wildman–Crippen MR) is 120 cm³/mol. The average molecular weight is 506 g/mol. The van der Waals surface area contributed by atoms with E-state index in [9.17, 15) is 4.79 Å². The molecule has 1 aromatic carbocycles. The Hall–Kier alpha value is -1.91. The smallest absolute Gasteiger partial charge is 0.241 e. The number of nitrogens with zero attached hydrogens (tertiary/aromatic N) is 2. The largest absolute Gasteiger partial charge is 0.496 e. The molecule has 2 rings (SSSR count). The minimum Gasteiger partial charge on any atom is -0.496 e. The quantitative estimate of drug-likeness (QED) is 0.319. The number of methoxy groups -OCH3 is 3. The SMILES string of the molecule is CCNC(=NCc1cc(OC)c(OC)cc1OC)NCC(=O)N1CCCC1.I.